The fourth-order valence-corrected chi connectivity index (χ4v) is 1.51. The van der Waals surface area contributed by atoms with E-state index in [0.29, 0.717) is 18.8 Å². The number of nitrogens with zero attached hydrogens (tertiary/aromatic N) is 1. The fourth-order valence-electron chi connectivity index (χ4n) is 1.51. The Morgan fingerprint density at radius 2 is 2.22 bits per heavy atom. The smallest absolute Gasteiger partial charge is 0.269 e. The predicted molar refractivity (Wildman–Crippen MR) is 71.8 cm³/mol. The quantitative estimate of drug-likeness (QED) is 0.773. The molecule has 0 saturated heterocycles. The molecule has 0 fully saturated rings. The molecule has 0 aromatic carbocycles. The molecule has 0 aliphatic heterocycles. The predicted octanol–water partition coefficient (Wildman–Crippen LogP) is 1.67. The Hall–Kier alpha value is -1.62. The van der Waals surface area contributed by atoms with E-state index in [2.05, 4.69) is 15.6 Å². The zero-order valence-corrected chi connectivity index (χ0v) is 11.2. The second kappa shape index (κ2) is 7.66. The molecule has 0 bridgehead atoms. The molecule has 1 unspecified atom stereocenters. The molecule has 2 N–H and O–H groups in total. The highest BCUT2D eigenvalue weighted by molar-refractivity contribution is 5.92. The number of aromatic nitrogens is 1. The Balaban J connectivity index is 2.46. The summed E-state index contributed by atoms with van der Waals surface area (Å²) in [6.45, 7) is 7.83. The molecule has 5 nitrogen and oxygen atoms in total. The summed E-state index contributed by atoms with van der Waals surface area (Å²) in [5, 5.41) is 5.91. The number of amides is 1. The van der Waals surface area contributed by atoms with Gasteiger partial charge in [-0.25, -0.2) is 4.98 Å². The van der Waals surface area contributed by atoms with Crippen LogP contribution in [0.1, 0.15) is 31.3 Å². The first-order chi connectivity index (χ1) is 8.67. The van der Waals surface area contributed by atoms with Crippen molar-refractivity contribution in [2.45, 2.75) is 26.9 Å². The molecular weight excluding hydrogens is 230 g/mol. The number of ether oxygens (including phenoxy) is 1. The van der Waals surface area contributed by atoms with Gasteiger partial charge in [0.15, 0.2) is 0 Å². The molecule has 1 aromatic heterocycles. The average Bonchev–Trinajstić information content (AvgIpc) is 2.37. The first-order valence-electron chi connectivity index (χ1n) is 6.27. The number of rotatable bonds is 7. The van der Waals surface area contributed by atoms with E-state index in [-0.39, 0.29) is 12.0 Å². The van der Waals surface area contributed by atoms with Crippen LogP contribution in [0.4, 0.5) is 5.69 Å². The monoisotopic (exact) mass is 251 g/mol. The van der Waals surface area contributed by atoms with E-state index < -0.39 is 0 Å². The third-order valence-corrected chi connectivity index (χ3v) is 2.38. The standard InChI is InChI=1S/C13H21N3O2/c1-4-14-11-6-7-12(15-9-11)13(17)16-8-10(3)18-5-2/h6-7,9-10,14H,4-5,8H2,1-3H3,(H,16,17). The van der Waals surface area contributed by atoms with Crippen molar-refractivity contribution in [2.75, 3.05) is 25.0 Å². The maximum atomic E-state index is 11.8. The molecule has 5 heteroatoms. The summed E-state index contributed by atoms with van der Waals surface area (Å²) < 4.78 is 5.33. The van der Waals surface area contributed by atoms with E-state index in [1.165, 1.54) is 0 Å². The lowest BCUT2D eigenvalue weighted by molar-refractivity contribution is 0.0693. The summed E-state index contributed by atoms with van der Waals surface area (Å²) in [5.41, 5.74) is 1.33. The third kappa shape index (κ3) is 4.71. The first-order valence-corrected chi connectivity index (χ1v) is 6.27. The van der Waals surface area contributed by atoms with Crippen molar-refractivity contribution < 1.29 is 9.53 Å². The van der Waals surface area contributed by atoms with Crippen LogP contribution in [0, 0.1) is 0 Å². The molecular formula is C13H21N3O2. The van der Waals surface area contributed by atoms with Gasteiger partial charge in [0.25, 0.3) is 5.91 Å². The molecule has 18 heavy (non-hydrogen) atoms. The van der Waals surface area contributed by atoms with E-state index in [4.69, 9.17) is 4.74 Å². The lowest BCUT2D eigenvalue weighted by atomic mass is 10.3. The number of pyridine rings is 1. The van der Waals surface area contributed by atoms with Crippen LogP contribution in [0.2, 0.25) is 0 Å². The van der Waals surface area contributed by atoms with Crippen LogP contribution >= 0.6 is 0 Å². The Morgan fingerprint density at radius 1 is 1.44 bits per heavy atom. The van der Waals surface area contributed by atoms with Crippen molar-refractivity contribution in [3.05, 3.63) is 24.0 Å². The molecule has 0 saturated carbocycles. The van der Waals surface area contributed by atoms with Gasteiger partial charge >= 0.3 is 0 Å². The molecule has 1 aromatic rings. The van der Waals surface area contributed by atoms with Crippen molar-refractivity contribution in [3.63, 3.8) is 0 Å². The molecule has 1 amide bonds. The van der Waals surface area contributed by atoms with E-state index >= 15 is 0 Å². The maximum Gasteiger partial charge on any atom is 0.269 e. The molecule has 0 aliphatic carbocycles. The van der Waals surface area contributed by atoms with Crippen LogP contribution in [-0.4, -0.2) is 36.7 Å². The second-order valence-electron chi connectivity index (χ2n) is 3.94. The van der Waals surface area contributed by atoms with Crippen molar-refractivity contribution in [1.29, 1.82) is 0 Å². The topological polar surface area (TPSA) is 63.2 Å². The van der Waals surface area contributed by atoms with Crippen molar-refractivity contribution in [2.24, 2.45) is 0 Å². The second-order valence-corrected chi connectivity index (χ2v) is 3.94. The maximum absolute atomic E-state index is 11.8. The van der Waals surface area contributed by atoms with Gasteiger partial charge in [0.05, 0.1) is 18.0 Å². The fraction of sp³-hybridized carbons (Fsp3) is 0.538. The summed E-state index contributed by atoms with van der Waals surface area (Å²) in [4.78, 5) is 15.9. The summed E-state index contributed by atoms with van der Waals surface area (Å²) in [5.74, 6) is -0.176. The zero-order valence-electron chi connectivity index (χ0n) is 11.2. The van der Waals surface area contributed by atoms with Gasteiger partial charge in [0, 0.05) is 19.7 Å². The number of carbonyl (C=O) groups is 1. The minimum Gasteiger partial charge on any atom is -0.384 e. The molecule has 0 radical (unpaired) electrons. The molecule has 0 aliphatic rings. The molecule has 0 spiro atoms. The lowest BCUT2D eigenvalue weighted by Gasteiger charge is -2.12. The minimum atomic E-state index is -0.176. The number of hydrogen-bond acceptors (Lipinski definition) is 4. The summed E-state index contributed by atoms with van der Waals surface area (Å²) in [7, 11) is 0. The molecule has 100 valence electrons. The van der Waals surface area contributed by atoms with Gasteiger partial charge in [-0.3, -0.25) is 4.79 Å². The number of carbonyl (C=O) groups excluding carboxylic acids is 1. The Labute approximate surface area is 108 Å². The number of nitrogens with one attached hydrogen (secondary N) is 2. The number of hydrogen-bond donors (Lipinski definition) is 2. The zero-order chi connectivity index (χ0) is 13.4. The van der Waals surface area contributed by atoms with Crippen LogP contribution in [-0.2, 0) is 4.74 Å². The lowest BCUT2D eigenvalue weighted by Crippen LogP contribution is -2.32. The van der Waals surface area contributed by atoms with E-state index in [1.807, 2.05) is 26.8 Å². The molecule has 1 rings (SSSR count). The third-order valence-electron chi connectivity index (χ3n) is 2.38. The van der Waals surface area contributed by atoms with Crippen LogP contribution < -0.4 is 10.6 Å². The van der Waals surface area contributed by atoms with Crippen molar-refractivity contribution in [3.8, 4) is 0 Å². The number of anilines is 1. The van der Waals surface area contributed by atoms with E-state index in [0.717, 1.165) is 12.2 Å². The van der Waals surface area contributed by atoms with E-state index in [9.17, 15) is 4.79 Å². The normalized spacial score (nSPS) is 11.9. The van der Waals surface area contributed by atoms with Gasteiger partial charge in [-0.05, 0) is 32.9 Å². The molecule has 1 atom stereocenters. The summed E-state index contributed by atoms with van der Waals surface area (Å²) in [6.07, 6.45) is 1.67. The van der Waals surface area contributed by atoms with Crippen LogP contribution in [0.25, 0.3) is 0 Å². The first kappa shape index (κ1) is 14.4. The van der Waals surface area contributed by atoms with Crippen LogP contribution in [0.3, 0.4) is 0 Å². The van der Waals surface area contributed by atoms with Gasteiger partial charge in [-0.1, -0.05) is 0 Å². The SMILES string of the molecule is CCNc1ccc(C(=O)NCC(C)OCC)nc1. The Bertz CT molecular complexity index is 365. The average molecular weight is 251 g/mol. The molecule has 1 heterocycles. The van der Waals surface area contributed by atoms with Gasteiger partial charge in [0.1, 0.15) is 5.69 Å². The highest BCUT2D eigenvalue weighted by Gasteiger charge is 2.08. The highest BCUT2D eigenvalue weighted by Crippen LogP contribution is 2.05. The summed E-state index contributed by atoms with van der Waals surface area (Å²) >= 11 is 0. The Kier molecular flexibility index (Phi) is 6.14. The van der Waals surface area contributed by atoms with Gasteiger partial charge in [-0.15, -0.1) is 0 Å². The minimum absolute atomic E-state index is 0.0139. The van der Waals surface area contributed by atoms with Gasteiger partial charge in [-0.2, -0.15) is 0 Å². The van der Waals surface area contributed by atoms with Crippen LogP contribution in [0.5, 0.6) is 0 Å². The summed E-state index contributed by atoms with van der Waals surface area (Å²) in [6, 6.07) is 3.55. The Morgan fingerprint density at radius 3 is 2.78 bits per heavy atom. The van der Waals surface area contributed by atoms with Gasteiger partial charge in [0.2, 0.25) is 0 Å². The van der Waals surface area contributed by atoms with Gasteiger partial charge < -0.3 is 15.4 Å². The van der Waals surface area contributed by atoms with E-state index in [1.54, 1.807) is 12.3 Å². The van der Waals surface area contributed by atoms with Crippen molar-refractivity contribution >= 4 is 11.6 Å². The highest BCUT2D eigenvalue weighted by atomic mass is 16.5. The van der Waals surface area contributed by atoms with Crippen molar-refractivity contribution in [1.82, 2.24) is 10.3 Å². The van der Waals surface area contributed by atoms with Crippen LogP contribution in [0.15, 0.2) is 18.3 Å². The largest absolute Gasteiger partial charge is 0.384 e.